The summed E-state index contributed by atoms with van der Waals surface area (Å²) in [6.45, 7) is 6.06. The number of nitrogens with one attached hydrogen (secondary N) is 1. The van der Waals surface area contributed by atoms with Crippen LogP contribution in [0.15, 0.2) is 36.5 Å². The molecule has 0 radical (unpaired) electrons. The Morgan fingerprint density at radius 3 is 2.23 bits per heavy atom. The number of carbonyl (C=O) groups excluding carboxylic acids is 1. The smallest absolute Gasteiger partial charge is 0.477 e. The number of halogens is 6. The van der Waals surface area contributed by atoms with Gasteiger partial charge in [0.2, 0.25) is 11.8 Å². The summed E-state index contributed by atoms with van der Waals surface area (Å²) in [7, 11) is 0. The molecule has 0 bridgehead atoms. The number of likely N-dealkylation sites (tertiary alicyclic amines) is 1. The SMILES string of the molecule is Cc1ccc(CN2CC[C@]3(C2)C(=O)NC[C@H]3COc2ccccn2)s1.O=C(O)C(F)(F)F.O=C(O)C(F)(F)F. The number of hydrogen-bond donors (Lipinski definition) is 3. The van der Waals surface area contributed by atoms with E-state index >= 15 is 0 Å². The first-order valence-electron chi connectivity index (χ1n) is 11.2. The lowest BCUT2D eigenvalue weighted by atomic mass is 9.77. The van der Waals surface area contributed by atoms with Gasteiger partial charge in [-0.1, -0.05) is 6.07 Å². The number of carboxylic acid groups (broad SMARTS) is 2. The first kappa shape index (κ1) is 31.8. The van der Waals surface area contributed by atoms with Crippen LogP contribution in [0.2, 0.25) is 0 Å². The molecule has 0 saturated carbocycles. The van der Waals surface area contributed by atoms with Crippen LogP contribution in [0.5, 0.6) is 5.88 Å². The number of ether oxygens (including phenoxy) is 1. The van der Waals surface area contributed by atoms with Gasteiger partial charge in [-0.2, -0.15) is 26.3 Å². The Morgan fingerprint density at radius 2 is 1.74 bits per heavy atom. The van der Waals surface area contributed by atoms with E-state index in [1.165, 1.54) is 9.75 Å². The third-order valence-corrected chi connectivity index (χ3v) is 6.84. The van der Waals surface area contributed by atoms with Crippen LogP contribution >= 0.6 is 11.3 Å². The molecule has 0 unspecified atom stereocenters. The minimum atomic E-state index is -5.08. The van der Waals surface area contributed by atoms with Crippen LogP contribution in [-0.4, -0.2) is 76.5 Å². The summed E-state index contributed by atoms with van der Waals surface area (Å²) in [5.74, 6) is -4.51. The molecule has 3 N–H and O–H groups in total. The quantitative estimate of drug-likeness (QED) is 0.453. The summed E-state index contributed by atoms with van der Waals surface area (Å²) in [6.07, 6.45) is -7.54. The minimum Gasteiger partial charge on any atom is -0.477 e. The second-order valence-electron chi connectivity index (χ2n) is 8.62. The van der Waals surface area contributed by atoms with Gasteiger partial charge in [-0.3, -0.25) is 9.69 Å². The predicted molar refractivity (Wildman–Crippen MR) is 125 cm³/mol. The number of pyridine rings is 1. The maximum absolute atomic E-state index is 12.6. The van der Waals surface area contributed by atoms with Gasteiger partial charge in [0.1, 0.15) is 0 Å². The van der Waals surface area contributed by atoms with Crippen molar-refractivity contribution in [2.24, 2.45) is 11.3 Å². The lowest BCUT2D eigenvalue weighted by Gasteiger charge is -2.28. The largest absolute Gasteiger partial charge is 0.490 e. The monoisotopic (exact) mass is 585 g/mol. The van der Waals surface area contributed by atoms with E-state index in [0.29, 0.717) is 19.0 Å². The van der Waals surface area contributed by atoms with Gasteiger partial charge >= 0.3 is 24.3 Å². The number of thiophene rings is 1. The van der Waals surface area contributed by atoms with Crippen LogP contribution in [0.1, 0.15) is 16.2 Å². The number of aryl methyl sites for hydroxylation is 1. The maximum atomic E-state index is 12.6. The molecule has 39 heavy (non-hydrogen) atoms. The van der Waals surface area contributed by atoms with Crippen molar-refractivity contribution in [2.75, 3.05) is 26.2 Å². The molecule has 2 aliphatic heterocycles. The van der Waals surface area contributed by atoms with E-state index in [2.05, 4.69) is 34.3 Å². The van der Waals surface area contributed by atoms with Gasteiger partial charge < -0.3 is 20.3 Å². The number of nitrogens with zero attached hydrogens (tertiary/aromatic N) is 2. The third-order valence-electron chi connectivity index (χ3n) is 5.85. The molecule has 2 saturated heterocycles. The van der Waals surface area contributed by atoms with Gasteiger partial charge in [0, 0.05) is 47.6 Å². The van der Waals surface area contributed by atoms with Gasteiger partial charge in [0.05, 0.1) is 12.0 Å². The molecule has 1 amide bonds. The number of amides is 1. The van der Waals surface area contributed by atoms with Crippen LogP contribution in [0, 0.1) is 18.3 Å². The van der Waals surface area contributed by atoms with Gasteiger partial charge in [-0.15, -0.1) is 11.3 Å². The molecule has 2 aromatic rings. The van der Waals surface area contributed by atoms with Crippen molar-refractivity contribution in [3.63, 3.8) is 0 Å². The fraction of sp³-hybridized carbons (Fsp3) is 0.478. The summed E-state index contributed by atoms with van der Waals surface area (Å²) in [4.78, 5) is 39.7. The molecular weight excluding hydrogens is 560 g/mol. The van der Waals surface area contributed by atoms with Gasteiger partial charge in [0.15, 0.2) is 0 Å². The lowest BCUT2D eigenvalue weighted by Crippen LogP contribution is -2.40. The van der Waals surface area contributed by atoms with Crippen LogP contribution in [0.4, 0.5) is 26.3 Å². The third kappa shape index (κ3) is 9.38. The highest BCUT2D eigenvalue weighted by molar-refractivity contribution is 7.11. The highest BCUT2D eigenvalue weighted by Crippen LogP contribution is 2.42. The summed E-state index contributed by atoms with van der Waals surface area (Å²) in [5.41, 5.74) is -0.318. The topological polar surface area (TPSA) is 129 Å². The summed E-state index contributed by atoms with van der Waals surface area (Å²) >= 11 is 1.84. The van der Waals surface area contributed by atoms with Crippen LogP contribution in [-0.2, 0) is 20.9 Å². The molecule has 1 spiro atoms. The Hall–Kier alpha value is -3.40. The number of aliphatic carboxylic acids is 2. The Balaban J connectivity index is 0.000000317. The average molecular weight is 586 g/mol. The standard InChI is InChI=1S/C19H23N3O2S.2C2HF3O2/c1-14-5-6-16(25-14)11-22-9-7-19(13-22)15(10-21-18(19)23)12-24-17-4-2-3-8-20-17;2*3-2(4,5)1(6)7/h2-6,8,15H,7,9-13H2,1H3,(H,21,23);2*(H,6,7)/t15-,19+;;/m0../s1. The molecule has 216 valence electrons. The average Bonchev–Trinajstić information content (AvgIpc) is 3.53. The van der Waals surface area contributed by atoms with E-state index in [4.69, 9.17) is 24.5 Å². The van der Waals surface area contributed by atoms with Crippen molar-refractivity contribution >= 4 is 29.2 Å². The number of alkyl halides is 6. The summed E-state index contributed by atoms with van der Waals surface area (Å²) in [6, 6.07) is 10.0. The van der Waals surface area contributed by atoms with E-state index in [0.717, 1.165) is 26.1 Å². The van der Waals surface area contributed by atoms with Crippen LogP contribution in [0.25, 0.3) is 0 Å². The second-order valence-corrected chi connectivity index (χ2v) is 9.99. The molecular formula is C23H25F6N3O6S. The number of carboxylic acids is 2. The van der Waals surface area contributed by atoms with Gasteiger partial charge in [0.25, 0.3) is 0 Å². The Bertz CT molecular complexity index is 1100. The number of aromatic nitrogens is 1. The molecule has 4 rings (SSSR count). The Labute approximate surface area is 222 Å². The van der Waals surface area contributed by atoms with Crippen molar-refractivity contribution in [2.45, 2.75) is 32.2 Å². The Kier molecular flexibility index (Phi) is 10.7. The highest BCUT2D eigenvalue weighted by atomic mass is 32.1. The maximum Gasteiger partial charge on any atom is 0.490 e. The van der Waals surface area contributed by atoms with E-state index in [1.54, 1.807) is 6.20 Å². The van der Waals surface area contributed by atoms with Gasteiger partial charge in [-0.05, 0) is 38.1 Å². The first-order valence-corrected chi connectivity index (χ1v) is 12.1. The molecule has 2 atom stereocenters. The molecule has 16 heteroatoms. The number of hydrogen-bond acceptors (Lipinski definition) is 7. The van der Waals surface area contributed by atoms with E-state index in [9.17, 15) is 31.1 Å². The van der Waals surface area contributed by atoms with Crippen molar-refractivity contribution in [1.82, 2.24) is 15.2 Å². The lowest BCUT2D eigenvalue weighted by molar-refractivity contribution is -0.193. The predicted octanol–water partition coefficient (Wildman–Crippen LogP) is 3.74. The fourth-order valence-corrected chi connectivity index (χ4v) is 4.90. The van der Waals surface area contributed by atoms with Gasteiger partial charge in [-0.25, -0.2) is 14.6 Å². The van der Waals surface area contributed by atoms with E-state index in [1.807, 2.05) is 29.5 Å². The van der Waals surface area contributed by atoms with Crippen molar-refractivity contribution in [1.29, 1.82) is 0 Å². The summed E-state index contributed by atoms with van der Waals surface area (Å²) < 4.78 is 69.3. The zero-order valence-electron chi connectivity index (χ0n) is 20.4. The highest BCUT2D eigenvalue weighted by Gasteiger charge is 2.54. The normalized spacial score (nSPS) is 20.9. The zero-order valence-corrected chi connectivity index (χ0v) is 21.2. The van der Waals surface area contributed by atoms with Crippen molar-refractivity contribution in [3.8, 4) is 5.88 Å². The second kappa shape index (κ2) is 13.1. The van der Waals surface area contributed by atoms with Crippen molar-refractivity contribution < 1.29 is 55.7 Å². The fourth-order valence-electron chi connectivity index (χ4n) is 3.97. The van der Waals surface area contributed by atoms with Crippen molar-refractivity contribution in [3.05, 3.63) is 46.3 Å². The number of carbonyl (C=O) groups is 3. The zero-order chi connectivity index (χ0) is 29.4. The summed E-state index contributed by atoms with van der Waals surface area (Å²) in [5, 5.41) is 17.3. The minimum absolute atomic E-state index is 0.187. The van der Waals surface area contributed by atoms with Crippen LogP contribution < -0.4 is 10.1 Å². The molecule has 9 nitrogen and oxygen atoms in total. The van der Waals surface area contributed by atoms with E-state index in [-0.39, 0.29) is 17.2 Å². The first-order chi connectivity index (χ1) is 18.0. The molecule has 2 aromatic heterocycles. The molecule has 4 heterocycles. The van der Waals surface area contributed by atoms with Crippen LogP contribution in [0.3, 0.4) is 0 Å². The Morgan fingerprint density at radius 1 is 1.13 bits per heavy atom. The number of rotatable bonds is 5. The molecule has 0 aromatic carbocycles. The molecule has 2 aliphatic rings. The molecule has 2 fully saturated rings. The molecule has 0 aliphatic carbocycles. The van der Waals surface area contributed by atoms with E-state index < -0.39 is 24.3 Å².